The number of anilines is 3. The molecule has 1 fully saturated rings. The first-order valence-corrected chi connectivity index (χ1v) is 9.80. The van der Waals surface area contributed by atoms with E-state index in [-0.39, 0.29) is 11.8 Å². The molecule has 1 aliphatic heterocycles. The fourth-order valence-corrected chi connectivity index (χ4v) is 3.38. The van der Waals surface area contributed by atoms with Gasteiger partial charge in [0, 0.05) is 44.2 Å². The molecule has 1 unspecified atom stereocenters. The Bertz CT molecular complexity index is 1010. The Labute approximate surface area is 171 Å². The lowest BCUT2D eigenvalue weighted by Gasteiger charge is -2.13. The monoisotopic (exact) mass is 420 g/mol. The Morgan fingerprint density at radius 2 is 1.93 bits per heavy atom. The molecule has 3 aromatic heterocycles. The third-order valence-electron chi connectivity index (χ3n) is 5.13. The van der Waals surface area contributed by atoms with Crippen molar-refractivity contribution >= 4 is 17.6 Å². The Kier molecular flexibility index (Phi) is 5.35. The molecule has 11 heteroatoms. The van der Waals surface area contributed by atoms with Crippen LogP contribution in [-0.4, -0.2) is 36.3 Å². The molecule has 5 rings (SSSR count). The molecule has 2 aliphatic rings. The molecule has 30 heavy (non-hydrogen) atoms. The number of fused-ring (bicyclic) bond motifs is 1. The van der Waals surface area contributed by atoms with Crippen LogP contribution in [0.4, 0.5) is 30.8 Å². The average Bonchev–Trinajstić information content (AvgIpc) is 3.11. The number of hydrogen-bond acceptors (Lipinski definition) is 6. The van der Waals surface area contributed by atoms with E-state index >= 15 is 0 Å². The molecule has 0 aromatic carbocycles. The van der Waals surface area contributed by atoms with E-state index in [1.807, 2.05) is 6.20 Å². The second-order valence-electron chi connectivity index (χ2n) is 7.39. The first-order valence-electron chi connectivity index (χ1n) is 9.80. The van der Waals surface area contributed by atoms with Crippen LogP contribution in [0.5, 0.6) is 0 Å². The predicted molar refractivity (Wildman–Crippen MR) is 106 cm³/mol. The molecule has 0 radical (unpaired) electrons. The van der Waals surface area contributed by atoms with E-state index in [1.165, 1.54) is 19.3 Å². The molecule has 0 saturated heterocycles. The first-order chi connectivity index (χ1) is 14.4. The molecule has 4 heterocycles. The van der Waals surface area contributed by atoms with E-state index in [9.17, 15) is 13.2 Å². The second kappa shape index (κ2) is 7.96. The number of halogens is 3. The van der Waals surface area contributed by atoms with Crippen LogP contribution in [0.1, 0.15) is 49.5 Å². The minimum Gasteiger partial charge on any atom is -0.372 e. The highest BCUT2D eigenvalue weighted by molar-refractivity contribution is 5.53. The van der Waals surface area contributed by atoms with Crippen molar-refractivity contribution in [1.29, 1.82) is 0 Å². The fraction of sp³-hybridized carbons (Fsp3) is 0.474. The van der Waals surface area contributed by atoms with Crippen LogP contribution in [-0.2, 0) is 12.7 Å². The highest BCUT2D eigenvalue weighted by Crippen LogP contribution is 2.37. The zero-order valence-electron chi connectivity index (χ0n) is 16.7. The lowest BCUT2D eigenvalue weighted by atomic mass is 10.1. The summed E-state index contributed by atoms with van der Waals surface area (Å²) in [5.41, 5.74) is -0.897. The van der Waals surface area contributed by atoms with E-state index in [1.54, 1.807) is 16.9 Å². The second-order valence-corrected chi connectivity index (χ2v) is 7.39. The van der Waals surface area contributed by atoms with Gasteiger partial charge in [-0.2, -0.15) is 23.3 Å². The summed E-state index contributed by atoms with van der Waals surface area (Å²) >= 11 is 0. The molecule has 160 valence electrons. The van der Waals surface area contributed by atoms with Crippen molar-refractivity contribution in [3.63, 3.8) is 0 Å². The number of rotatable bonds is 4. The number of aryl methyl sites for hydroxylation is 1. The molecule has 1 aliphatic carbocycles. The number of aromatic nitrogens is 6. The van der Waals surface area contributed by atoms with E-state index in [0.29, 0.717) is 17.8 Å². The molecule has 0 spiro atoms. The third-order valence-corrected chi connectivity index (χ3v) is 5.13. The largest absolute Gasteiger partial charge is 0.421 e. The van der Waals surface area contributed by atoms with Crippen LogP contribution in [0, 0.1) is 0 Å². The maximum Gasteiger partial charge on any atom is 0.421 e. The summed E-state index contributed by atoms with van der Waals surface area (Å²) in [7, 11) is 1.38. The standard InChI is InChI=1S/C12H13F3N6.C7H10N2/c1-16-10-8(12(13,14)15)6-17-11(20-10)19-9-4-5-18-21(9)7-2-3-7;1-6-2-4-9-5-3-8-7(6)9/h4-7H,2-3H2,1H3,(H2,16,17,19,20);3,5-6H,2,4H2,1H3. The molecule has 3 aromatic rings. The van der Waals surface area contributed by atoms with Gasteiger partial charge in [-0.05, 0) is 19.3 Å². The quantitative estimate of drug-likeness (QED) is 0.658. The highest BCUT2D eigenvalue weighted by atomic mass is 19.4. The van der Waals surface area contributed by atoms with Crippen LogP contribution in [0.25, 0.3) is 0 Å². The first kappa shape index (κ1) is 20.2. The van der Waals surface area contributed by atoms with Crippen molar-refractivity contribution in [2.75, 3.05) is 17.7 Å². The lowest BCUT2D eigenvalue weighted by molar-refractivity contribution is -0.137. The summed E-state index contributed by atoms with van der Waals surface area (Å²) in [5.74, 6) is 2.43. The Morgan fingerprint density at radius 1 is 1.13 bits per heavy atom. The Hall–Kier alpha value is -3.11. The Morgan fingerprint density at radius 3 is 2.60 bits per heavy atom. The van der Waals surface area contributed by atoms with E-state index in [0.717, 1.165) is 25.6 Å². The molecule has 2 N–H and O–H groups in total. The average molecular weight is 420 g/mol. The predicted octanol–water partition coefficient (Wildman–Crippen LogP) is 4.20. The molecule has 1 saturated carbocycles. The van der Waals surface area contributed by atoms with Gasteiger partial charge in [-0.1, -0.05) is 6.92 Å². The van der Waals surface area contributed by atoms with Crippen molar-refractivity contribution in [2.45, 2.75) is 50.9 Å². The zero-order chi connectivity index (χ0) is 21.3. The molecule has 0 bridgehead atoms. The van der Waals surface area contributed by atoms with Crippen molar-refractivity contribution in [3.8, 4) is 0 Å². The maximum atomic E-state index is 12.8. The Balaban J connectivity index is 0.000000200. The number of nitrogens with zero attached hydrogens (tertiary/aromatic N) is 6. The van der Waals surface area contributed by atoms with Crippen molar-refractivity contribution < 1.29 is 13.2 Å². The smallest absolute Gasteiger partial charge is 0.372 e. The molecule has 0 amide bonds. The molecule has 8 nitrogen and oxygen atoms in total. The molecular formula is C19H23F3N8. The number of imidazole rings is 1. The van der Waals surface area contributed by atoms with E-state index in [2.05, 4.69) is 48.4 Å². The van der Waals surface area contributed by atoms with Crippen LogP contribution < -0.4 is 10.6 Å². The van der Waals surface area contributed by atoms with Gasteiger partial charge in [0.2, 0.25) is 5.95 Å². The normalized spacial score (nSPS) is 17.8. The number of alkyl halides is 3. The van der Waals surface area contributed by atoms with Gasteiger partial charge in [-0.15, -0.1) is 0 Å². The van der Waals surface area contributed by atoms with Crippen LogP contribution in [0.3, 0.4) is 0 Å². The van der Waals surface area contributed by atoms with Gasteiger partial charge in [0.25, 0.3) is 0 Å². The van der Waals surface area contributed by atoms with Gasteiger partial charge in [-0.25, -0.2) is 14.6 Å². The lowest BCUT2D eigenvalue weighted by Crippen LogP contribution is -2.13. The van der Waals surface area contributed by atoms with Gasteiger partial charge in [0.05, 0.1) is 12.2 Å². The van der Waals surface area contributed by atoms with Gasteiger partial charge < -0.3 is 15.2 Å². The minimum absolute atomic E-state index is 0.0924. The summed E-state index contributed by atoms with van der Waals surface area (Å²) in [6.45, 7) is 3.39. The summed E-state index contributed by atoms with van der Waals surface area (Å²) < 4.78 is 42.3. The number of nitrogens with one attached hydrogen (secondary N) is 2. The van der Waals surface area contributed by atoms with Gasteiger partial charge in [0.15, 0.2) is 0 Å². The van der Waals surface area contributed by atoms with Crippen LogP contribution in [0.15, 0.2) is 30.9 Å². The van der Waals surface area contributed by atoms with Gasteiger partial charge in [0.1, 0.15) is 23.0 Å². The SMILES string of the molecule is CC1CCn2ccnc21.CNc1nc(Nc2ccnn2C2CC2)ncc1C(F)(F)F. The summed E-state index contributed by atoms with van der Waals surface area (Å²) in [6.07, 6.45) is 5.19. The van der Waals surface area contributed by atoms with Gasteiger partial charge in [-0.3, -0.25) is 0 Å². The summed E-state index contributed by atoms with van der Waals surface area (Å²) in [5, 5.41) is 9.51. The van der Waals surface area contributed by atoms with Crippen LogP contribution in [0.2, 0.25) is 0 Å². The highest BCUT2D eigenvalue weighted by Gasteiger charge is 2.35. The van der Waals surface area contributed by atoms with Crippen molar-refractivity contribution in [3.05, 3.63) is 42.2 Å². The minimum atomic E-state index is -4.49. The molecule has 1 atom stereocenters. The van der Waals surface area contributed by atoms with Crippen molar-refractivity contribution in [2.24, 2.45) is 0 Å². The van der Waals surface area contributed by atoms with Crippen LogP contribution >= 0.6 is 0 Å². The maximum absolute atomic E-state index is 12.8. The molecular weight excluding hydrogens is 397 g/mol. The number of hydrogen-bond donors (Lipinski definition) is 2. The summed E-state index contributed by atoms with van der Waals surface area (Å²) in [4.78, 5) is 11.8. The summed E-state index contributed by atoms with van der Waals surface area (Å²) in [6, 6.07) is 2.08. The van der Waals surface area contributed by atoms with Gasteiger partial charge >= 0.3 is 6.18 Å². The van der Waals surface area contributed by atoms with Crippen molar-refractivity contribution in [1.82, 2.24) is 29.3 Å². The van der Waals surface area contributed by atoms with E-state index < -0.39 is 11.7 Å². The third kappa shape index (κ3) is 4.24. The topological polar surface area (TPSA) is 85.5 Å². The zero-order valence-corrected chi connectivity index (χ0v) is 16.7. The van der Waals surface area contributed by atoms with E-state index in [4.69, 9.17) is 0 Å². The fourth-order valence-electron chi connectivity index (χ4n) is 3.38.